The summed E-state index contributed by atoms with van der Waals surface area (Å²) in [5.41, 5.74) is 0. The summed E-state index contributed by atoms with van der Waals surface area (Å²) in [7, 11) is 1.37. The molecule has 0 unspecified atom stereocenters. The molecule has 1 aromatic rings. The number of carbonyl (C=O) groups is 1. The van der Waals surface area contributed by atoms with Gasteiger partial charge in [0.2, 0.25) is 0 Å². The highest BCUT2D eigenvalue weighted by atomic mass is 32.2. The molecule has 0 radical (unpaired) electrons. The fraction of sp³-hybridized carbons (Fsp3) is 0.286. The van der Waals surface area contributed by atoms with Gasteiger partial charge in [0, 0.05) is 0 Å². The van der Waals surface area contributed by atoms with Gasteiger partial charge in [0.1, 0.15) is 0 Å². The lowest BCUT2D eigenvalue weighted by Crippen LogP contribution is -2.02. The molecule has 60 valence electrons. The zero-order valence-electron chi connectivity index (χ0n) is 6.07. The van der Waals surface area contributed by atoms with E-state index >= 15 is 0 Å². The number of methoxy groups -OCH3 is 1. The molecule has 0 bridgehead atoms. The van der Waals surface area contributed by atoms with Gasteiger partial charge in [-0.05, 0) is 12.1 Å². The molecule has 0 aliphatic heterocycles. The molecule has 0 saturated heterocycles. The van der Waals surface area contributed by atoms with Crippen LogP contribution in [-0.2, 0) is 9.53 Å². The van der Waals surface area contributed by atoms with Crippen LogP contribution in [0.3, 0.4) is 0 Å². The summed E-state index contributed by atoms with van der Waals surface area (Å²) >= 11 is 1.32. The minimum absolute atomic E-state index is 0.244. The maximum Gasteiger partial charge on any atom is 0.316 e. The van der Waals surface area contributed by atoms with Crippen LogP contribution in [0.1, 0.15) is 0 Å². The smallest absolute Gasteiger partial charge is 0.316 e. The van der Waals surface area contributed by atoms with Crippen molar-refractivity contribution in [2.75, 3.05) is 12.9 Å². The van der Waals surface area contributed by atoms with Crippen molar-refractivity contribution < 1.29 is 13.9 Å². The van der Waals surface area contributed by atoms with Gasteiger partial charge in [-0.25, -0.2) is 0 Å². The fourth-order valence-corrected chi connectivity index (χ4v) is 1.21. The molecular weight excluding hydrogens is 164 g/mol. The molecule has 0 N–H and O–H groups in total. The fourth-order valence-electron chi connectivity index (χ4n) is 0.535. The summed E-state index contributed by atoms with van der Waals surface area (Å²) in [5, 5.41) is 0.732. The lowest BCUT2D eigenvalue weighted by atomic mass is 10.7. The first-order chi connectivity index (χ1) is 5.33. The molecule has 0 saturated carbocycles. The molecule has 1 rings (SSSR count). The molecule has 1 heterocycles. The summed E-state index contributed by atoms with van der Waals surface area (Å²) < 4.78 is 9.43. The van der Waals surface area contributed by atoms with E-state index in [1.54, 1.807) is 18.4 Å². The quantitative estimate of drug-likeness (QED) is 0.512. The van der Waals surface area contributed by atoms with E-state index in [0.29, 0.717) is 5.75 Å². The van der Waals surface area contributed by atoms with Crippen molar-refractivity contribution >= 4 is 17.7 Å². The van der Waals surface area contributed by atoms with Gasteiger partial charge in [0.15, 0.2) is 5.09 Å². The highest BCUT2D eigenvalue weighted by Crippen LogP contribution is 2.17. The summed E-state index contributed by atoms with van der Waals surface area (Å²) in [6.07, 6.45) is 1.57. The molecule has 0 fully saturated rings. The topological polar surface area (TPSA) is 39.4 Å². The van der Waals surface area contributed by atoms with Crippen molar-refractivity contribution in [2.24, 2.45) is 0 Å². The molecule has 0 atom stereocenters. The molecule has 11 heavy (non-hydrogen) atoms. The van der Waals surface area contributed by atoms with Crippen molar-refractivity contribution in [2.45, 2.75) is 5.09 Å². The van der Waals surface area contributed by atoms with Crippen LogP contribution >= 0.6 is 11.8 Å². The van der Waals surface area contributed by atoms with Gasteiger partial charge in [0.25, 0.3) is 0 Å². The van der Waals surface area contributed by atoms with E-state index in [9.17, 15) is 4.79 Å². The predicted octanol–water partition coefficient (Wildman–Crippen LogP) is 1.54. The third-order valence-corrected chi connectivity index (χ3v) is 1.95. The van der Waals surface area contributed by atoms with Gasteiger partial charge in [-0.3, -0.25) is 4.79 Å². The first kappa shape index (κ1) is 8.20. The zero-order chi connectivity index (χ0) is 8.10. The molecule has 0 aliphatic carbocycles. The highest BCUT2D eigenvalue weighted by molar-refractivity contribution is 7.99. The van der Waals surface area contributed by atoms with Crippen molar-refractivity contribution in [3.8, 4) is 0 Å². The normalized spacial score (nSPS) is 9.55. The molecule has 0 aliphatic rings. The van der Waals surface area contributed by atoms with Gasteiger partial charge < -0.3 is 9.15 Å². The molecule has 0 aromatic carbocycles. The highest BCUT2D eigenvalue weighted by Gasteiger charge is 2.02. The standard InChI is InChI=1S/C7H8O3S/c1-9-6(8)5-11-7-3-2-4-10-7/h2-4H,5H2,1H3. The maximum atomic E-state index is 10.6. The van der Waals surface area contributed by atoms with E-state index in [1.807, 2.05) is 0 Å². The number of ether oxygens (including phenoxy) is 1. The molecule has 3 nitrogen and oxygen atoms in total. The van der Waals surface area contributed by atoms with Crippen LogP contribution in [0.2, 0.25) is 0 Å². The second-order valence-electron chi connectivity index (χ2n) is 1.80. The Hall–Kier alpha value is -0.900. The monoisotopic (exact) mass is 172 g/mol. The van der Waals surface area contributed by atoms with Crippen LogP contribution in [0.4, 0.5) is 0 Å². The second-order valence-corrected chi connectivity index (χ2v) is 2.78. The van der Waals surface area contributed by atoms with Crippen LogP contribution in [0.25, 0.3) is 0 Å². The number of furan rings is 1. The van der Waals surface area contributed by atoms with Gasteiger partial charge in [-0.1, -0.05) is 11.8 Å². The first-order valence-electron chi connectivity index (χ1n) is 3.06. The van der Waals surface area contributed by atoms with Crippen LogP contribution in [-0.4, -0.2) is 18.8 Å². The summed E-state index contributed by atoms with van der Waals surface area (Å²) in [4.78, 5) is 10.6. The summed E-state index contributed by atoms with van der Waals surface area (Å²) in [5.74, 6) is 0.0516. The second kappa shape index (κ2) is 4.08. The van der Waals surface area contributed by atoms with Gasteiger partial charge in [-0.2, -0.15) is 0 Å². The molecule has 0 amide bonds. The summed E-state index contributed by atoms with van der Waals surface area (Å²) in [6.45, 7) is 0. The van der Waals surface area contributed by atoms with Crippen molar-refractivity contribution in [1.29, 1.82) is 0 Å². The van der Waals surface area contributed by atoms with E-state index in [0.717, 1.165) is 5.09 Å². The average molecular weight is 172 g/mol. The lowest BCUT2D eigenvalue weighted by Gasteiger charge is -1.94. The first-order valence-corrected chi connectivity index (χ1v) is 4.04. The van der Waals surface area contributed by atoms with Crippen molar-refractivity contribution in [1.82, 2.24) is 0 Å². The van der Waals surface area contributed by atoms with Gasteiger partial charge >= 0.3 is 5.97 Å². The van der Waals surface area contributed by atoms with Crippen LogP contribution in [0.15, 0.2) is 27.9 Å². The van der Waals surface area contributed by atoms with Crippen LogP contribution in [0, 0.1) is 0 Å². The minimum Gasteiger partial charge on any atom is -0.468 e. The molecular formula is C7H8O3S. The number of esters is 1. The van der Waals surface area contributed by atoms with Gasteiger partial charge in [0.05, 0.1) is 19.1 Å². The number of thioether (sulfide) groups is 1. The average Bonchev–Trinajstić information content (AvgIpc) is 2.52. The Bertz CT molecular complexity index is 218. The van der Waals surface area contributed by atoms with E-state index in [-0.39, 0.29) is 5.97 Å². The maximum absolute atomic E-state index is 10.6. The SMILES string of the molecule is COC(=O)CSc1ccco1. The van der Waals surface area contributed by atoms with E-state index in [4.69, 9.17) is 4.42 Å². The Morgan fingerprint density at radius 1 is 1.82 bits per heavy atom. The van der Waals surface area contributed by atoms with E-state index in [1.165, 1.54) is 18.9 Å². The lowest BCUT2D eigenvalue weighted by molar-refractivity contribution is -0.137. The Balaban J connectivity index is 2.29. The number of rotatable bonds is 3. The van der Waals surface area contributed by atoms with Crippen LogP contribution in [0.5, 0.6) is 0 Å². The van der Waals surface area contributed by atoms with Crippen LogP contribution < -0.4 is 0 Å². The minimum atomic E-state index is -0.244. The Morgan fingerprint density at radius 3 is 3.18 bits per heavy atom. The molecule has 1 aromatic heterocycles. The zero-order valence-corrected chi connectivity index (χ0v) is 6.89. The van der Waals surface area contributed by atoms with E-state index in [2.05, 4.69) is 4.74 Å². The predicted molar refractivity (Wildman–Crippen MR) is 41.4 cm³/mol. The van der Waals surface area contributed by atoms with Crippen molar-refractivity contribution in [3.63, 3.8) is 0 Å². The third-order valence-electron chi connectivity index (χ3n) is 1.06. The number of hydrogen-bond acceptors (Lipinski definition) is 4. The van der Waals surface area contributed by atoms with Gasteiger partial charge in [-0.15, -0.1) is 0 Å². The van der Waals surface area contributed by atoms with E-state index < -0.39 is 0 Å². The largest absolute Gasteiger partial charge is 0.468 e. The Labute approximate surface area is 68.7 Å². The van der Waals surface area contributed by atoms with Crippen molar-refractivity contribution in [3.05, 3.63) is 18.4 Å². The Morgan fingerprint density at radius 2 is 2.64 bits per heavy atom. The Kier molecular flexibility index (Phi) is 3.04. The molecule has 4 heteroatoms. The third kappa shape index (κ3) is 2.67. The molecule has 0 spiro atoms. The number of hydrogen-bond donors (Lipinski definition) is 0. The summed E-state index contributed by atoms with van der Waals surface area (Å²) in [6, 6.07) is 3.58. The number of carbonyl (C=O) groups excluding carboxylic acids is 1.